The second kappa shape index (κ2) is 8.09. The Hall–Kier alpha value is -2.44. The van der Waals surface area contributed by atoms with Gasteiger partial charge in [-0.1, -0.05) is 19.1 Å². The third-order valence-electron chi connectivity index (χ3n) is 3.78. The van der Waals surface area contributed by atoms with Crippen molar-refractivity contribution in [1.29, 1.82) is 0 Å². The summed E-state index contributed by atoms with van der Waals surface area (Å²) in [5.74, 6) is 1.14. The minimum Gasteiger partial charge on any atom is -0.441 e. The van der Waals surface area contributed by atoms with Crippen LogP contribution >= 0.6 is 11.3 Å². The second-order valence-electron chi connectivity index (χ2n) is 5.74. The zero-order valence-electron chi connectivity index (χ0n) is 14.3. The van der Waals surface area contributed by atoms with Crippen LogP contribution in [0.5, 0.6) is 0 Å². The van der Waals surface area contributed by atoms with Gasteiger partial charge in [-0.15, -0.1) is 0 Å². The van der Waals surface area contributed by atoms with E-state index >= 15 is 0 Å². The number of rotatable bonds is 7. The molecule has 6 heteroatoms. The van der Waals surface area contributed by atoms with E-state index in [1.54, 1.807) is 11.3 Å². The minimum absolute atomic E-state index is 0.103. The van der Waals surface area contributed by atoms with Crippen molar-refractivity contribution in [2.75, 3.05) is 11.9 Å². The lowest BCUT2D eigenvalue weighted by atomic mass is 10.2. The third kappa shape index (κ3) is 4.55. The molecule has 0 spiro atoms. The summed E-state index contributed by atoms with van der Waals surface area (Å²) in [5, 5.41) is 10.2. The van der Waals surface area contributed by atoms with E-state index in [0.29, 0.717) is 17.3 Å². The van der Waals surface area contributed by atoms with Crippen LogP contribution in [0, 0.1) is 6.92 Å². The number of thiophene rings is 1. The number of nitrogens with zero attached hydrogens (tertiary/aromatic N) is 1. The summed E-state index contributed by atoms with van der Waals surface area (Å²) in [7, 11) is 0. The molecule has 0 aliphatic rings. The van der Waals surface area contributed by atoms with Gasteiger partial charge in [-0.05, 0) is 42.6 Å². The number of hydrogen-bond acceptors (Lipinski definition) is 5. The van der Waals surface area contributed by atoms with Crippen molar-refractivity contribution in [1.82, 2.24) is 10.3 Å². The molecule has 2 heterocycles. The maximum absolute atomic E-state index is 12.3. The van der Waals surface area contributed by atoms with Gasteiger partial charge in [0.25, 0.3) is 0 Å². The first-order valence-electron chi connectivity index (χ1n) is 8.24. The molecule has 0 aliphatic heterocycles. The Kier molecular flexibility index (Phi) is 5.63. The average Bonchev–Trinajstić information content (AvgIpc) is 3.24. The molecule has 130 valence electrons. The van der Waals surface area contributed by atoms with E-state index in [-0.39, 0.29) is 12.3 Å². The molecule has 0 radical (unpaired) electrons. The molecule has 2 N–H and O–H groups in total. The predicted octanol–water partition coefficient (Wildman–Crippen LogP) is 4.00. The van der Waals surface area contributed by atoms with Gasteiger partial charge in [0.2, 0.25) is 11.8 Å². The van der Waals surface area contributed by atoms with Crippen LogP contribution in [0.1, 0.15) is 23.9 Å². The number of amides is 1. The molecule has 5 nitrogen and oxygen atoms in total. The Morgan fingerprint density at radius 2 is 2.20 bits per heavy atom. The van der Waals surface area contributed by atoms with Crippen molar-refractivity contribution in [3.63, 3.8) is 0 Å². The quantitative estimate of drug-likeness (QED) is 0.672. The molecular weight excluding hydrogens is 334 g/mol. The highest BCUT2D eigenvalue weighted by atomic mass is 32.1. The second-order valence-corrected chi connectivity index (χ2v) is 6.52. The Balaban J connectivity index is 1.65. The Morgan fingerprint density at radius 1 is 1.32 bits per heavy atom. The van der Waals surface area contributed by atoms with E-state index in [0.717, 1.165) is 29.9 Å². The molecule has 3 rings (SSSR count). The van der Waals surface area contributed by atoms with Crippen LogP contribution in [0.2, 0.25) is 0 Å². The van der Waals surface area contributed by atoms with Gasteiger partial charge in [0.05, 0.1) is 12.1 Å². The lowest BCUT2D eigenvalue weighted by molar-refractivity contribution is -0.115. The van der Waals surface area contributed by atoms with E-state index in [1.807, 2.05) is 48.0 Å². The molecule has 25 heavy (non-hydrogen) atoms. The number of aromatic nitrogens is 1. The van der Waals surface area contributed by atoms with E-state index < -0.39 is 0 Å². The summed E-state index contributed by atoms with van der Waals surface area (Å²) < 4.78 is 5.68. The largest absolute Gasteiger partial charge is 0.441 e. The molecule has 0 unspecified atom stereocenters. The molecule has 2 aromatic heterocycles. The average molecular weight is 355 g/mol. The standard InChI is InChI=1S/C19H21N3O2S/c1-3-20-11-14-5-4-6-16(9-14)21-18(23)10-17-13(2)24-19(22-17)15-7-8-25-12-15/h4-9,12,20H,3,10-11H2,1-2H3,(H,21,23). The monoisotopic (exact) mass is 355 g/mol. The zero-order chi connectivity index (χ0) is 17.6. The van der Waals surface area contributed by atoms with Crippen molar-refractivity contribution in [2.45, 2.75) is 26.8 Å². The molecule has 0 atom stereocenters. The van der Waals surface area contributed by atoms with Gasteiger partial charge in [-0.2, -0.15) is 11.3 Å². The Bertz CT molecular complexity index is 840. The highest BCUT2D eigenvalue weighted by Gasteiger charge is 2.15. The van der Waals surface area contributed by atoms with E-state index in [4.69, 9.17) is 4.42 Å². The topological polar surface area (TPSA) is 67.2 Å². The molecule has 0 saturated carbocycles. The van der Waals surface area contributed by atoms with Crippen LogP contribution < -0.4 is 10.6 Å². The van der Waals surface area contributed by atoms with Crippen molar-refractivity contribution in [3.8, 4) is 11.5 Å². The Labute approximate surface area is 151 Å². The summed E-state index contributed by atoms with van der Waals surface area (Å²) in [6, 6.07) is 9.80. The molecular formula is C19H21N3O2S. The highest BCUT2D eigenvalue weighted by molar-refractivity contribution is 7.08. The summed E-state index contributed by atoms with van der Waals surface area (Å²) in [4.78, 5) is 16.8. The fourth-order valence-corrected chi connectivity index (χ4v) is 3.12. The molecule has 0 bridgehead atoms. The predicted molar refractivity (Wildman–Crippen MR) is 101 cm³/mol. The van der Waals surface area contributed by atoms with Gasteiger partial charge in [-0.3, -0.25) is 4.79 Å². The number of anilines is 1. The van der Waals surface area contributed by atoms with E-state index in [1.165, 1.54) is 0 Å². The summed E-state index contributed by atoms with van der Waals surface area (Å²) in [6.45, 7) is 5.60. The molecule has 1 aromatic carbocycles. The van der Waals surface area contributed by atoms with E-state index in [9.17, 15) is 4.79 Å². The lowest BCUT2D eigenvalue weighted by Gasteiger charge is -2.07. The SMILES string of the molecule is CCNCc1cccc(NC(=O)Cc2nc(-c3ccsc3)oc2C)c1. The van der Waals surface area contributed by atoms with Crippen LogP contribution in [0.4, 0.5) is 5.69 Å². The van der Waals surface area contributed by atoms with Crippen LogP contribution in [0.15, 0.2) is 45.5 Å². The lowest BCUT2D eigenvalue weighted by Crippen LogP contribution is -2.16. The fraction of sp³-hybridized carbons (Fsp3) is 0.263. The number of carbonyl (C=O) groups is 1. The van der Waals surface area contributed by atoms with Gasteiger partial charge < -0.3 is 15.1 Å². The Morgan fingerprint density at radius 3 is 2.96 bits per heavy atom. The summed E-state index contributed by atoms with van der Waals surface area (Å²) >= 11 is 1.59. The van der Waals surface area contributed by atoms with Gasteiger partial charge in [0.15, 0.2) is 0 Å². The first-order valence-corrected chi connectivity index (χ1v) is 9.18. The number of aryl methyl sites for hydroxylation is 1. The smallest absolute Gasteiger partial charge is 0.230 e. The van der Waals surface area contributed by atoms with Gasteiger partial charge in [0.1, 0.15) is 5.76 Å². The van der Waals surface area contributed by atoms with Crippen molar-refractivity contribution < 1.29 is 9.21 Å². The van der Waals surface area contributed by atoms with Crippen LogP contribution in [0.3, 0.4) is 0 Å². The number of hydrogen-bond donors (Lipinski definition) is 2. The molecule has 0 saturated heterocycles. The molecule has 1 amide bonds. The van der Waals surface area contributed by atoms with Crippen LogP contribution in [-0.4, -0.2) is 17.4 Å². The first kappa shape index (κ1) is 17.4. The van der Waals surface area contributed by atoms with Crippen molar-refractivity contribution >= 4 is 22.9 Å². The normalized spacial score (nSPS) is 10.8. The molecule has 3 aromatic rings. The van der Waals surface area contributed by atoms with Crippen molar-refractivity contribution in [2.24, 2.45) is 0 Å². The number of nitrogens with one attached hydrogen (secondary N) is 2. The highest BCUT2D eigenvalue weighted by Crippen LogP contribution is 2.24. The third-order valence-corrected chi connectivity index (χ3v) is 4.46. The van der Waals surface area contributed by atoms with Gasteiger partial charge >= 0.3 is 0 Å². The molecule has 0 fully saturated rings. The van der Waals surface area contributed by atoms with E-state index in [2.05, 4.69) is 22.5 Å². The first-order chi connectivity index (χ1) is 12.2. The van der Waals surface area contributed by atoms with Crippen molar-refractivity contribution in [3.05, 3.63) is 58.1 Å². The van der Waals surface area contributed by atoms with Gasteiger partial charge in [-0.25, -0.2) is 4.98 Å². The summed E-state index contributed by atoms with van der Waals surface area (Å²) in [6.07, 6.45) is 0.191. The maximum atomic E-state index is 12.3. The van der Waals surface area contributed by atoms with Crippen LogP contribution in [0.25, 0.3) is 11.5 Å². The molecule has 0 aliphatic carbocycles. The minimum atomic E-state index is -0.103. The number of oxazole rings is 1. The summed E-state index contributed by atoms with van der Waals surface area (Å²) in [5.41, 5.74) is 3.54. The number of carbonyl (C=O) groups excluding carboxylic acids is 1. The number of benzene rings is 1. The van der Waals surface area contributed by atoms with Gasteiger partial charge in [0, 0.05) is 23.2 Å². The zero-order valence-corrected chi connectivity index (χ0v) is 15.2. The fourth-order valence-electron chi connectivity index (χ4n) is 2.49. The van der Waals surface area contributed by atoms with Crippen LogP contribution in [-0.2, 0) is 17.8 Å². The maximum Gasteiger partial charge on any atom is 0.230 e.